The van der Waals surface area contributed by atoms with E-state index >= 15 is 0 Å². The first kappa shape index (κ1) is 12.0. The Hall–Kier alpha value is -0.0400. The molecule has 0 unspecified atom stereocenters. The summed E-state index contributed by atoms with van der Waals surface area (Å²) in [5.74, 6) is 0. The molecule has 0 aliphatic heterocycles. The molecular weight excluding hydrogens is 146 g/mol. The van der Waals surface area contributed by atoms with Crippen LogP contribution in [0.2, 0.25) is 0 Å². The lowest BCUT2D eigenvalue weighted by Gasteiger charge is -2.02. The minimum absolute atomic E-state index is 1.01. The second-order valence-corrected chi connectivity index (χ2v) is 3.37. The third-order valence-corrected chi connectivity index (χ3v) is 2.06. The third kappa shape index (κ3) is 9.96. The van der Waals surface area contributed by atoms with Gasteiger partial charge in [0.05, 0.1) is 0 Å². The van der Waals surface area contributed by atoms with Gasteiger partial charge in [-0.25, -0.2) is 0 Å². The Balaban J connectivity index is 2.73. The van der Waals surface area contributed by atoms with Crippen LogP contribution >= 0.6 is 0 Å². The summed E-state index contributed by atoms with van der Waals surface area (Å²) in [6.07, 6.45) is 9.33. The molecule has 0 amide bonds. The third-order valence-electron chi connectivity index (χ3n) is 2.06. The van der Waals surface area contributed by atoms with Gasteiger partial charge in [-0.2, -0.15) is 0 Å². The van der Waals surface area contributed by atoms with Gasteiger partial charge in [-0.3, -0.25) is 0 Å². The van der Waals surface area contributed by atoms with Crippen molar-refractivity contribution in [3.8, 4) is 0 Å². The highest BCUT2D eigenvalue weighted by Gasteiger charge is 1.89. The average Bonchev–Trinajstić information content (AvgIpc) is 2.10. The zero-order chi connectivity index (χ0) is 9.07. The fraction of sp³-hybridized carbons (Fsp3) is 0.909. The van der Waals surface area contributed by atoms with Crippen LogP contribution in [0, 0.1) is 6.92 Å². The van der Waals surface area contributed by atoms with E-state index in [1.807, 2.05) is 0 Å². The summed E-state index contributed by atoms with van der Waals surface area (Å²) in [5, 5.41) is 3.36. The van der Waals surface area contributed by atoms with Crippen molar-refractivity contribution in [3.63, 3.8) is 0 Å². The molecule has 0 aromatic carbocycles. The largest absolute Gasteiger partial charge is 0.317 e. The molecule has 0 aliphatic carbocycles. The normalized spacial score (nSPS) is 10.5. The predicted octanol–water partition coefficient (Wildman–Crippen LogP) is 3.16. The molecule has 0 bridgehead atoms. The highest BCUT2D eigenvalue weighted by molar-refractivity contribution is 4.50. The van der Waals surface area contributed by atoms with E-state index in [9.17, 15) is 0 Å². The average molecular weight is 170 g/mol. The Labute approximate surface area is 77.9 Å². The lowest BCUT2D eigenvalue weighted by atomic mass is 10.1. The van der Waals surface area contributed by atoms with Crippen LogP contribution in [0.4, 0.5) is 0 Å². The molecule has 0 saturated carbocycles. The van der Waals surface area contributed by atoms with Crippen molar-refractivity contribution in [2.24, 2.45) is 0 Å². The monoisotopic (exact) mass is 170 g/mol. The summed E-state index contributed by atoms with van der Waals surface area (Å²) in [5.41, 5.74) is 0. The highest BCUT2D eigenvalue weighted by Crippen LogP contribution is 2.03. The minimum Gasteiger partial charge on any atom is -0.317 e. The van der Waals surface area contributed by atoms with Crippen LogP contribution in [0.1, 0.15) is 51.9 Å². The topological polar surface area (TPSA) is 12.0 Å². The smallest absolute Gasteiger partial charge is 0.00489 e. The van der Waals surface area contributed by atoms with Crippen LogP contribution in [0.25, 0.3) is 0 Å². The minimum atomic E-state index is 1.01. The number of hydrogen-bond acceptors (Lipinski definition) is 1. The fourth-order valence-corrected chi connectivity index (χ4v) is 1.28. The summed E-state index contributed by atoms with van der Waals surface area (Å²) in [6, 6.07) is 0. The van der Waals surface area contributed by atoms with E-state index in [4.69, 9.17) is 0 Å². The molecule has 0 heterocycles. The Bertz CT molecular complexity index is 61.4. The number of nitrogens with one attached hydrogen (secondary N) is 1. The van der Waals surface area contributed by atoms with Crippen molar-refractivity contribution in [2.45, 2.75) is 51.9 Å². The van der Waals surface area contributed by atoms with E-state index in [1.165, 1.54) is 45.1 Å². The van der Waals surface area contributed by atoms with Crippen molar-refractivity contribution in [1.82, 2.24) is 5.32 Å². The van der Waals surface area contributed by atoms with Crippen LogP contribution in [0.5, 0.6) is 0 Å². The molecule has 1 N–H and O–H groups in total. The van der Waals surface area contributed by atoms with Crippen molar-refractivity contribution >= 4 is 0 Å². The Kier molecular flexibility index (Phi) is 10.9. The zero-order valence-corrected chi connectivity index (χ0v) is 8.57. The van der Waals surface area contributed by atoms with Gasteiger partial charge in [0.1, 0.15) is 0 Å². The Morgan fingerprint density at radius 3 is 2.25 bits per heavy atom. The van der Waals surface area contributed by atoms with E-state index in [1.54, 1.807) is 0 Å². The highest BCUT2D eigenvalue weighted by atomic mass is 14.8. The zero-order valence-electron chi connectivity index (χ0n) is 8.57. The second-order valence-electron chi connectivity index (χ2n) is 3.37. The van der Waals surface area contributed by atoms with Gasteiger partial charge >= 0.3 is 0 Å². The van der Waals surface area contributed by atoms with Crippen LogP contribution in [0.15, 0.2) is 0 Å². The van der Waals surface area contributed by atoms with Gasteiger partial charge < -0.3 is 5.32 Å². The molecule has 0 rings (SSSR count). The van der Waals surface area contributed by atoms with Crippen LogP contribution < -0.4 is 5.32 Å². The number of rotatable bonds is 9. The molecule has 0 aliphatic rings. The maximum atomic E-state index is 3.78. The SMILES string of the molecule is [CH2]CCNCCCCCCCC. The van der Waals surface area contributed by atoms with Gasteiger partial charge in [-0.1, -0.05) is 46.0 Å². The van der Waals surface area contributed by atoms with Crippen molar-refractivity contribution in [1.29, 1.82) is 0 Å². The van der Waals surface area contributed by atoms with E-state index < -0.39 is 0 Å². The molecule has 1 nitrogen and oxygen atoms in total. The predicted molar refractivity (Wildman–Crippen MR) is 56.2 cm³/mol. The van der Waals surface area contributed by atoms with Crippen molar-refractivity contribution < 1.29 is 0 Å². The quantitative estimate of drug-likeness (QED) is 0.524. The maximum Gasteiger partial charge on any atom is -0.00489 e. The molecule has 0 saturated heterocycles. The molecule has 0 spiro atoms. The molecule has 1 radical (unpaired) electrons. The standard InChI is InChI=1S/C11H24N/c1-3-5-6-7-8-9-11-12-10-4-2/h12H,2-11H2,1H3. The van der Waals surface area contributed by atoms with Crippen LogP contribution in [-0.4, -0.2) is 13.1 Å². The Morgan fingerprint density at radius 2 is 1.58 bits per heavy atom. The first-order chi connectivity index (χ1) is 5.91. The van der Waals surface area contributed by atoms with Gasteiger partial charge in [0.25, 0.3) is 0 Å². The molecule has 12 heavy (non-hydrogen) atoms. The van der Waals surface area contributed by atoms with Gasteiger partial charge in [-0.15, -0.1) is 0 Å². The lowest BCUT2D eigenvalue weighted by Crippen LogP contribution is -2.15. The van der Waals surface area contributed by atoms with Crippen LogP contribution in [0.3, 0.4) is 0 Å². The van der Waals surface area contributed by atoms with Crippen molar-refractivity contribution in [2.75, 3.05) is 13.1 Å². The molecule has 0 aromatic rings. The van der Waals surface area contributed by atoms with Crippen molar-refractivity contribution in [3.05, 3.63) is 6.92 Å². The first-order valence-corrected chi connectivity index (χ1v) is 5.41. The van der Waals surface area contributed by atoms with Gasteiger partial charge in [0.2, 0.25) is 0 Å². The molecule has 1 heteroatoms. The summed E-state index contributed by atoms with van der Waals surface area (Å²) >= 11 is 0. The number of unbranched alkanes of at least 4 members (excludes halogenated alkanes) is 5. The molecule has 0 atom stereocenters. The summed E-state index contributed by atoms with van der Waals surface area (Å²) in [6.45, 7) is 8.30. The fourth-order valence-electron chi connectivity index (χ4n) is 1.28. The summed E-state index contributed by atoms with van der Waals surface area (Å²) in [7, 11) is 0. The van der Waals surface area contributed by atoms with E-state index in [-0.39, 0.29) is 0 Å². The maximum absolute atomic E-state index is 3.78. The molecule has 0 fully saturated rings. The molecule has 0 aromatic heterocycles. The van der Waals surface area contributed by atoms with Gasteiger partial charge in [0.15, 0.2) is 0 Å². The van der Waals surface area contributed by atoms with Crippen LogP contribution in [-0.2, 0) is 0 Å². The first-order valence-electron chi connectivity index (χ1n) is 5.41. The molecule has 73 valence electrons. The lowest BCUT2D eigenvalue weighted by molar-refractivity contribution is 0.574. The van der Waals surface area contributed by atoms with E-state index in [0.717, 1.165) is 13.0 Å². The molecular formula is C11H24N. The Morgan fingerprint density at radius 1 is 0.917 bits per heavy atom. The number of hydrogen-bond donors (Lipinski definition) is 1. The van der Waals surface area contributed by atoms with E-state index in [2.05, 4.69) is 19.2 Å². The van der Waals surface area contributed by atoms with Gasteiger partial charge in [0, 0.05) is 0 Å². The summed E-state index contributed by atoms with van der Waals surface area (Å²) in [4.78, 5) is 0. The second kappa shape index (κ2) is 11.0. The van der Waals surface area contributed by atoms with Gasteiger partial charge in [-0.05, 0) is 25.9 Å². The van der Waals surface area contributed by atoms with E-state index in [0.29, 0.717) is 0 Å². The summed E-state index contributed by atoms with van der Waals surface area (Å²) < 4.78 is 0.